The van der Waals surface area contributed by atoms with Gasteiger partial charge in [-0.05, 0) is 30.3 Å². The molecule has 0 saturated carbocycles. The first-order valence-electron chi connectivity index (χ1n) is 6.56. The maximum absolute atomic E-state index is 13.9. The molecule has 0 aromatic heterocycles. The van der Waals surface area contributed by atoms with E-state index in [9.17, 15) is 17.6 Å². The number of hydrogen-bond acceptors (Lipinski definition) is 5. The van der Waals surface area contributed by atoms with Crippen molar-refractivity contribution in [2.75, 3.05) is 18.9 Å². The Kier molecular flexibility index (Phi) is 4.93. The second-order valence-electron chi connectivity index (χ2n) is 4.62. The first kappa shape index (κ1) is 17.5. The molecule has 2 aromatic carbocycles. The van der Waals surface area contributed by atoms with Crippen LogP contribution in [0.15, 0.2) is 41.3 Å². The van der Waals surface area contributed by atoms with Gasteiger partial charge in [0.2, 0.25) is 0 Å². The van der Waals surface area contributed by atoms with Crippen molar-refractivity contribution in [2.24, 2.45) is 0 Å². The summed E-state index contributed by atoms with van der Waals surface area (Å²) >= 11 is 0. The monoisotopic (exact) mass is 355 g/mol. The Morgan fingerprint density at radius 3 is 2.42 bits per heavy atom. The number of rotatable bonds is 6. The Bertz CT molecular complexity index is 882. The summed E-state index contributed by atoms with van der Waals surface area (Å²) in [6.07, 6.45) is 0. The Balaban J connectivity index is 2.46. The van der Waals surface area contributed by atoms with E-state index in [0.717, 1.165) is 18.2 Å². The Hall–Kier alpha value is -2.81. The lowest BCUT2D eigenvalue weighted by Gasteiger charge is -2.13. The number of carbonyl (C=O) groups is 1. The van der Waals surface area contributed by atoms with E-state index >= 15 is 0 Å². The summed E-state index contributed by atoms with van der Waals surface area (Å²) in [6.45, 7) is 0. The van der Waals surface area contributed by atoms with E-state index in [2.05, 4.69) is 4.72 Å². The van der Waals surface area contributed by atoms with Crippen molar-refractivity contribution in [2.45, 2.75) is 4.90 Å². The van der Waals surface area contributed by atoms with Crippen LogP contribution in [0.3, 0.4) is 0 Å². The molecule has 2 rings (SSSR count). The van der Waals surface area contributed by atoms with Crippen molar-refractivity contribution >= 4 is 21.7 Å². The van der Waals surface area contributed by atoms with Crippen molar-refractivity contribution in [3.63, 3.8) is 0 Å². The molecule has 128 valence electrons. The van der Waals surface area contributed by atoms with Gasteiger partial charge >= 0.3 is 5.97 Å². The predicted octanol–water partition coefficient (Wildman–Crippen LogP) is 2.34. The molecule has 7 nitrogen and oxygen atoms in total. The fourth-order valence-corrected chi connectivity index (χ4v) is 3.10. The third kappa shape index (κ3) is 3.57. The topological polar surface area (TPSA) is 102 Å². The van der Waals surface area contributed by atoms with E-state index in [1.165, 1.54) is 32.4 Å². The lowest BCUT2D eigenvalue weighted by molar-refractivity contribution is 0.0696. The van der Waals surface area contributed by atoms with Gasteiger partial charge in [-0.25, -0.2) is 17.6 Å². The summed E-state index contributed by atoms with van der Waals surface area (Å²) in [5, 5.41) is 8.92. The minimum atomic E-state index is -4.36. The molecule has 0 atom stereocenters. The van der Waals surface area contributed by atoms with Crippen LogP contribution >= 0.6 is 0 Å². The fourth-order valence-electron chi connectivity index (χ4n) is 1.92. The van der Waals surface area contributed by atoms with Crippen molar-refractivity contribution in [3.8, 4) is 11.5 Å². The van der Waals surface area contributed by atoms with E-state index < -0.39 is 26.7 Å². The number of benzene rings is 2. The molecule has 0 unspecified atom stereocenters. The van der Waals surface area contributed by atoms with Crippen LogP contribution in [0.4, 0.5) is 10.1 Å². The summed E-state index contributed by atoms with van der Waals surface area (Å²) in [6, 6.07) is 6.82. The van der Waals surface area contributed by atoms with Crippen LogP contribution in [0.25, 0.3) is 0 Å². The lowest BCUT2D eigenvalue weighted by atomic mass is 10.2. The number of halogens is 1. The SMILES string of the molecule is COc1ccc(NS(=O)(=O)c2cc(C(=O)O)ccc2F)c(OC)c1. The second-order valence-corrected chi connectivity index (χ2v) is 6.27. The summed E-state index contributed by atoms with van der Waals surface area (Å²) in [5.41, 5.74) is -0.295. The van der Waals surface area contributed by atoms with Gasteiger partial charge in [0.1, 0.15) is 22.2 Å². The summed E-state index contributed by atoms with van der Waals surface area (Å²) < 4.78 is 50.9. The number of ether oxygens (including phenoxy) is 2. The molecule has 0 bridgehead atoms. The average molecular weight is 355 g/mol. The van der Waals surface area contributed by atoms with Crippen LogP contribution in [-0.2, 0) is 10.0 Å². The largest absolute Gasteiger partial charge is 0.497 e. The van der Waals surface area contributed by atoms with Gasteiger partial charge in [-0.1, -0.05) is 0 Å². The number of carboxylic acid groups (broad SMARTS) is 1. The Morgan fingerprint density at radius 2 is 1.83 bits per heavy atom. The molecular weight excluding hydrogens is 341 g/mol. The Labute approximate surface area is 137 Å². The molecule has 0 saturated heterocycles. The molecule has 0 aliphatic carbocycles. The van der Waals surface area contributed by atoms with Crippen LogP contribution in [0.5, 0.6) is 11.5 Å². The number of sulfonamides is 1. The highest BCUT2D eigenvalue weighted by atomic mass is 32.2. The number of nitrogens with one attached hydrogen (secondary N) is 1. The second kappa shape index (κ2) is 6.75. The number of aromatic carboxylic acids is 1. The zero-order valence-electron chi connectivity index (χ0n) is 12.7. The first-order valence-corrected chi connectivity index (χ1v) is 8.04. The van der Waals surface area contributed by atoms with E-state index in [4.69, 9.17) is 14.6 Å². The van der Waals surface area contributed by atoms with E-state index in [1.807, 2.05) is 0 Å². The smallest absolute Gasteiger partial charge is 0.335 e. The van der Waals surface area contributed by atoms with Crippen LogP contribution < -0.4 is 14.2 Å². The molecule has 0 amide bonds. The van der Waals surface area contributed by atoms with Gasteiger partial charge in [0.15, 0.2) is 0 Å². The van der Waals surface area contributed by atoms with Gasteiger partial charge in [-0.3, -0.25) is 4.72 Å². The zero-order chi connectivity index (χ0) is 17.9. The molecule has 2 aromatic rings. The minimum absolute atomic E-state index is 0.0541. The zero-order valence-corrected chi connectivity index (χ0v) is 13.6. The average Bonchev–Trinajstić information content (AvgIpc) is 2.54. The van der Waals surface area contributed by atoms with E-state index in [1.54, 1.807) is 0 Å². The molecular formula is C15H14FNO6S. The minimum Gasteiger partial charge on any atom is -0.497 e. The van der Waals surface area contributed by atoms with Crippen LogP contribution in [0.1, 0.15) is 10.4 Å². The number of carboxylic acids is 1. The molecule has 0 heterocycles. The van der Waals surface area contributed by atoms with Crippen molar-refractivity contribution in [1.29, 1.82) is 0 Å². The maximum atomic E-state index is 13.9. The van der Waals surface area contributed by atoms with E-state index in [0.29, 0.717) is 5.75 Å². The molecule has 0 radical (unpaired) electrons. The van der Waals surface area contributed by atoms with Crippen molar-refractivity contribution in [3.05, 3.63) is 47.8 Å². The third-order valence-electron chi connectivity index (χ3n) is 3.12. The highest BCUT2D eigenvalue weighted by Crippen LogP contribution is 2.31. The van der Waals surface area contributed by atoms with Crippen LogP contribution in [0.2, 0.25) is 0 Å². The number of methoxy groups -OCH3 is 2. The summed E-state index contributed by atoms with van der Waals surface area (Å²) in [4.78, 5) is 10.2. The fraction of sp³-hybridized carbons (Fsp3) is 0.133. The first-order chi connectivity index (χ1) is 11.3. The molecule has 0 spiro atoms. The summed E-state index contributed by atoms with van der Waals surface area (Å²) in [5.74, 6) is -1.84. The lowest BCUT2D eigenvalue weighted by Crippen LogP contribution is -2.16. The van der Waals surface area contributed by atoms with Crippen LogP contribution in [0, 0.1) is 5.82 Å². The highest BCUT2D eigenvalue weighted by molar-refractivity contribution is 7.92. The molecule has 24 heavy (non-hydrogen) atoms. The molecule has 2 N–H and O–H groups in total. The van der Waals surface area contributed by atoms with Gasteiger partial charge in [0, 0.05) is 6.07 Å². The Morgan fingerprint density at radius 1 is 1.12 bits per heavy atom. The van der Waals surface area contributed by atoms with Gasteiger partial charge in [-0.2, -0.15) is 0 Å². The van der Waals surface area contributed by atoms with Gasteiger partial charge in [0.05, 0.1) is 25.5 Å². The normalized spacial score (nSPS) is 11.0. The van der Waals surface area contributed by atoms with Crippen molar-refractivity contribution in [1.82, 2.24) is 0 Å². The third-order valence-corrected chi connectivity index (χ3v) is 4.50. The summed E-state index contributed by atoms with van der Waals surface area (Å²) in [7, 11) is -1.59. The maximum Gasteiger partial charge on any atom is 0.335 e. The van der Waals surface area contributed by atoms with Gasteiger partial charge in [-0.15, -0.1) is 0 Å². The van der Waals surface area contributed by atoms with Crippen LogP contribution in [-0.4, -0.2) is 33.7 Å². The van der Waals surface area contributed by atoms with Gasteiger partial charge < -0.3 is 14.6 Å². The van der Waals surface area contributed by atoms with E-state index in [-0.39, 0.29) is 17.0 Å². The van der Waals surface area contributed by atoms with Gasteiger partial charge in [0.25, 0.3) is 10.0 Å². The predicted molar refractivity (Wildman–Crippen MR) is 83.7 cm³/mol. The number of anilines is 1. The highest BCUT2D eigenvalue weighted by Gasteiger charge is 2.22. The number of hydrogen-bond donors (Lipinski definition) is 2. The van der Waals surface area contributed by atoms with Crippen molar-refractivity contribution < 1.29 is 32.2 Å². The standard InChI is InChI=1S/C15H14FNO6S/c1-22-10-4-6-12(13(8-10)23-2)17-24(20,21)14-7-9(15(18)19)3-5-11(14)16/h3-8,17H,1-2H3,(H,18,19). The molecule has 0 aliphatic rings. The molecule has 0 aliphatic heterocycles. The molecule has 0 fully saturated rings. The molecule has 9 heteroatoms. The quantitative estimate of drug-likeness (QED) is 0.825.